The molecule has 0 aliphatic rings. The summed E-state index contributed by atoms with van der Waals surface area (Å²) in [6, 6.07) is 12.9. The van der Waals surface area contributed by atoms with Crippen LogP contribution in [-0.4, -0.2) is 29.1 Å². The molecule has 2 aromatic rings. The van der Waals surface area contributed by atoms with Crippen molar-refractivity contribution in [3.05, 3.63) is 65.2 Å². The van der Waals surface area contributed by atoms with Crippen molar-refractivity contribution in [1.82, 2.24) is 5.43 Å². The first kappa shape index (κ1) is 16.9. The van der Waals surface area contributed by atoms with Crippen LogP contribution in [0.3, 0.4) is 0 Å². The molecule has 0 fully saturated rings. The molecule has 7 heteroatoms. The van der Waals surface area contributed by atoms with Crippen molar-refractivity contribution in [1.29, 1.82) is 0 Å². The number of hydrogen-bond acceptors (Lipinski definition) is 4. The fourth-order valence-corrected chi connectivity index (χ4v) is 1.75. The predicted molar refractivity (Wildman–Crippen MR) is 88.9 cm³/mol. The lowest BCUT2D eigenvalue weighted by molar-refractivity contribution is -0.136. The Bertz CT molecular complexity index is 780. The van der Waals surface area contributed by atoms with Gasteiger partial charge < -0.3 is 10.4 Å². The smallest absolute Gasteiger partial charge is 0.335 e. The monoisotopic (exact) mass is 325 g/mol. The van der Waals surface area contributed by atoms with Crippen molar-refractivity contribution >= 4 is 29.7 Å². The maximum Gasteiger partial charge on any atom is 0.335 e. The minimum Gasteiger partial charge on any atom is -0.478 e. The number of carbonyl (C=O) groups is 3. The van der Waals surface area contributed by atoms with E-state index < -0.39 is 17.8 Å². The topological polar surface area (TPSA) is 108 Å². The zero-order valence-corrected chi connectivity index (χ0v) is 12.8. The van der Waals surface area contributed by atoms with E-state index in [1.807, 2.05) is 19.1 Å². The molecule has 0 heterocycles. The molecule has 0 unspecified atom stereocenters. The van der Waals surface area contributed by atoms with Crippen molar-refractivity contribution < 1.29 is 19.5 Å². The average molecular weight is 325 g/mol. The molecule has 0 aliphatic carbocycles. The van der Waals surface area contributed by atoms with Crippen LogP contribution in [0.5, 0.6) is 0 Å². The molecule has 122 valence electrons. The van der Waals surface area contributed by atoms with Gasteiger partial charge in [0, 0.05) is 5.69 Å². The van der Waals surface area contributed by atoms with E-state index in [-0.39, 0.29) is 5.56 Å². The van der Waals surface area contributed by atoms with Crippen LogP contribution in [0.4, 0.5) is 5.69 Å². The molecule has 7 nitrogen and oxygen atoms in total. The standard InChI is InChI=1S/C17H15N3O4/c1-11-2-8-14(9-3-11)19-15(21)16(22)20-18-10-12-4-6-13(7-5-12)17(23)24/h2-10H,1H3,(H,19,21)(H,20,22)(H,23,24). The van der Waals surface area contributed by atoms with E-state index in [9.17, 15) is 14.4 Å². The van der Waals surface area contributed by atoms with E-state index in [1.165, 1.54) is 30.5 Å². The molecule has 2 rings (SSSR count). The number of carboxylic acids is 1. The molecule has 0 saturated heterocycles. The number of rotatable bonds is 4. The summed E-state index contributed by atoms with van der Waals surface area (Å²) in [5.41, 5.74) is 4.38. The van der Waals surface area contributed by atoms with Gasteiger partial charge in [-0.2, -0.15) is 5.10 Å². The lowest BCUT2D eigenvalue weighted by Crippen LogP contribution is -2.32. The first-order valence-electron chi connectivity index (χ1n) is 7.00. The molecule has 0 spiro atoms. The Labute approximate surface area is 138 Å². The predicted octanol–water partition coefficient (Wildman–Crippen LogP) is 1.78. The van der Waals surface area contributed by atoms with Gasteiger partial charge in [0.1, 0.15) is 0 Å². The SMILES string of the molecule is Cc1ccc(NC(=O)C(=O)NN=Cc2ccc(C(=O)O)cc2)cc1. The highest BCUT2D eigenvalue weighted by atomic mass is 16.4. The second-order valence-electron chi connectivity index (χ2n) is 4.95. The first-order valence-corrected chi connectivity index (χ1v) is 7.00. The van der Waals surface area contributed by atoms with Crippen LogP contribution in [-0.2, 0) is 9.59 Å². The van der Waals surface area contributed by atoms with Gasteiger partial charge >= 0.3 is 17.8 Å². The molecular formula is C17H15N3O4. The molecule has 0 atom stereocenters. The van der Waals surface area contributed by atoms with E-state index in [0.29, 0.717) is 11.3 Å². The average Bonchev–Trinajstić information content (AvgIpc) is 2.57. The highest BCUT2D eigenvalue weighted by Crippen LogP contribution is 2.08. The van der Waals surface area contributed by atoms with Crippen LogP contribution >= 0.6 is 0 Å². The van der Waals surface area contributed by atoms with E-state index >= 15 is 0 Å². The fraction of sp³-hybridized carbons (Fsp3) is 0.0588. The number of hydrazone groups is 1. The molecule has 2 amide bonds. The summed E-state index contributed by atoms with van der Waals surface area (Å²) in [5.74, 6) is -2.77. The zero-order chi connectivity index (χ0) is 17.5. The van der Waals surface area contributed by atoms with Gasteiger partial charge in [0.2, 0.25) is 0 Å². The number of amides is 2. The Hall–Kier alpha value is -3.48. The lowest BCUT2D eigenvalue weighted by atomic mass is 10.1. The molecule has 0 radical (unpaired) electrons. The number of anilines is 1. The van der Waals surface area contributed by atoms with Gasteiger partial charge in [-0.15, -0.1) is 0 Å². The van der Waals surface area contributed by atoms with Gasteiger partial charge in [0.25, 0.3) is 0 Å². The Morgan fingerprint density at radius 1 is 0.958 bits per heavy atom. The largest absolute Gasteiger partial charge is 0.478 e. The number of benzene rings is 2. The number of nitrogens with one attached hydrogen (secondary N) is 2. The number of carboxylic acid groups (broad SMARTS) is 1. The van der Waals surface area contributed by atoms with Crippen LogP contribution in [0.1, 0.15) is 21.5 Å². The van der Waals surface area contributed by atoms with Crippen LogP contribution in [0, 0.1) is 6.92 Å². The minimum atomic E-state index is -1.03. The van der Waals surface area contributed by atoms with Gasteiger partial charge in [-0.3, -0.25) is 9.59 Å². The van der Waals surface area contributed by atoms with Crippen LogP contribution in [0.15, 0.2) is 53.6 Å². The maximum atomic E-state index is 11.7. The molecule has 3 N–H and O–H groups in total. The van der Waals surface area contributed by atoms with Crippen molar-refractivity contribution in [3.8, 4) is 0 Å². The molecule has 2 aromatic carbocycles. The Morgan fingerprint density at radius 2 is 1.58 bits per heavy atom. The number of aryl methyl sites for hydroxylation is 1. The maximum absolute atomic E-state index is 11.7. The summed E-state index contributed by atoms with van der Waals surface area (Å²) >= 11 is 0. The summed E-state index contributed by atoms with van der Waals surface area (Å²) in [4.78, 5) is 34.1. The van der Waals surface area contributed by atoms with Crippen molar-refractivity contribution in [3.63, 3.8) is 0 Å². The van der Waals surface area contributed by atoms with E-state index in [2.05, 4.69) is 15.8 Å². The number of nitrogens with zero attached hydrogens (tertiary/aromatic N) is 1. The summed E-state index contributed by atoms with van der Waals surface area (Å²) in [6.07, 6.45) is 1.31. The summed E-state index contributed by atoms with van der Waals surface area (Å²) in [5, 5.41) is 14.9. The van der Waals surface area contributed by atoms with Gasteiger partial charge in [-0.1, -0.05) is 29.8 Å². The normalized spacial score (nSPS) is 10.4. The van der Waals surface area contributed by atoms with E-state index in [1.54, 1.807) is 12.1 Å². The lowest BCUT2D eigenvalue weighted by Gasteiger charge is -2.04. The minimum absolute atomic E-state index is 0.147. The van der Waals surface area contributed by atoms with Crippen LogP contribution in [0.25, 0.3) is 0 Å². The molecule has 0 aromatic heterocycles. The third-order valence-corrected chi connectivity index (χ3v) is 3.05. The molecule has 0 saturated carbocycles. The van der Waals surface area contributed by atoms with Gasteiger partial charge in [0.05, 0.1) is 11.8 Å². The van der Waals surface area contributed by atoms with E-state index in [0.717, 1.165) is 5.56 Å². The van der Waals surface area contributed by atoms with Crippen molar-refractivity contribution in [2.75, 3.05) is 5.32 Å². The molecule has 0 aliphatic heterocycles. The van der Waals surface area contributed by atoms with Gasteiger partial charge in [-0.05, 0) is 36.8 Å². The molecular weight excluding hydrogens is 310 g/mol. The van der Waals surface area contributed by atoms with Crippen LogP contribution < -0.4 is 10.7 Å². The highest BCUT2D eigenvalue weighted by molar-refractivity contribution is 6.39. The quantitative estimate of drug-likeness (QED) is 0.452. The third kappa shape index (κ3) is 4.77. The van der Waals surface area contributed by atoms with Crippen molar-refractivity contribution in [2.24, 2.45) is 5.10 Å². The summed E-state index contributed by atoms with van der Waals surface area (Å²) in [7, 11) is 0. The zero-order valence-electron chi connectivity index (χ0n) is 12.8. The molecule has 24 heavy (non-hydrogen) atoms. The number of hydrogen-bond donors (Lipinski definition) is 3. The Balaban J connectivity index is 1.88. The van der Waals surface area contributed by atoms with E-state index in [4.69, 9.17) is 5.11 Å². The Morgan fingerprint density at radius 3 is 2.17 bits per heavy atom. The van der Waals surface area contributed by atoms with Crippen LogP contribution in [0.2, 0.25) is 0 Å². The Kier molecular flexibility index (Phi) is 5.40. The second kappa shape index (κ2) is 7.68. The summed E-state index contributed by atoms with van der Waals surface area (Å²) < 4.78 is 0. The number of carbonyl (C=O) groups excluding carboxylic acids is 2. The fourth-order valence-electron chi connectivity index (χ4n) is 1.75. The van der Waals surface area contributed by atoms with Gasteiger partial charge in [0.15, 0.2) is 0 Å². The second-order valence-corrected chi connectivity index (χ2v) is 4.95. The highest BCUT2D eigenvalue weighted by Gasteiger charge is 2.12. The van der Waals surface area contributed by atoms with Crippen molar-refractivity contribution in [2.45, 2.75) is 6.92 Å². The summed E-state index contributed by atoms with van der Waals surface area (Å²) in [6.45, 7) is 1.91. The first-order chi connectivity index (χ1) is 11.5. The number of aromatic carboxylic acids is 1. The van der Waals surface area contributed by atoms with Gasteiger partial charge in [-0.25, -0.2) is 10.2 Å². The molecule has 0 bridgehead atoms. The third-order valence-electron chi connectivity index (χ3n) is 3.05.